The number of nitrogens with one attached hydrogen (secondary N) is 1. The number of carbonyl (C=O) groups excluding carboxylic acids is 1. The molecule has 0 aliphatic carbocycles. The third kappa shape index (κ3) is 4.04. The molecule has 5 nitrogen and oxygen atoms in total. The Hall–Kier alpha value is -1.92. The summed E-state index contributed by atoms with van der Waals surface area (Å²) in [5.41, 5.74) is 7.62. The Morgan fingerprint density at radius 3 is 2.75 bits per heavy atom. The molecule has 0 bridgehead atoms. The largest absolute Gasteiger partial charge is 0.508 e. The Labute approximate surface area is 121 Å². The zero-order valence-electron chi connectivity index (χ0n) is 11.2. The van der Waals surface area contributed by atoms with Crippen molar-refractivity contribution in [3.05, 3.63) is 45.9 Å². The molecular weight excluding hydrogens is 274 g/mol. The van der Waals surface area contributed by atoms with Crippen LogP contribution < -0.4 is 11.1 Å². The van der Waals surface area contributed by atoms with Crippen LogP contribution in [-0.4, -0.2) is 22.0 Å². The average molecular weight is 291 g/mol. The Kier molecular flexibility index (Phi) is 4.70. The number of aromatic nitrogens is 1. The molecule has 106 valence electrons. The van der Waals surface area contributed by atoms with E-state index in [9.17, 15) is 9.90 Å². The number of nitrogens with zero attached hydrogens (tertiary/aromatic N) is 1. The second-order valence-electron chi connectivity index (χ2n) is 4.55. The van der Waals surface area contributed by atoms with Crippen molar-refractivity contribution in [1.29, 1.82) is 0 Å². The number of phenols is 1. The van der Waals surface area contributed by atoms with Crippen molar-refractivity contribution in [2.24, 2.45) is 5.73 Å². The number of rotatable bonds is 5. The molecule has 0 aliphatic rings. The minimum Gasteiger partial charge on any atom is -0.508 e. The second kappa shape index (κ2) is 6.49. The standard InChI is InChI=1S/C14H17N3O2S/c1-9-17-11(8-20-9)7-16-14(19)13(15)6-10-2-4-12(18)5-3-10/h2-5,8,13,18H,6-7,15H2,1H3,(H,16,19)/t13-/m1/s1. The molecule has 2 aromatic rings. The fourth-order valence-electron chi connectivity index (χ4n) is 1.78. The van der Waals surface area contributed by atoms with E-state index in [2.05, 4.69) is 10.3 Å². The molecule has 0 saturated heterocycles. The number of thiazole rings is 1. The number of carbonyl (C=O) groups is 1. The van der Waals surface area contributed by atoms with Gasteiger partial charge >= 0.3 is 0 Å². The molecule has 6 heteroatoms. The van der Waals surface area contributed by atoms with Gasteiger partial charge in [-0.15, -0.1) is 11.3 Å². The van der Waals surface area contributed by atoms with Crippen molar-refractivity contribution < 1.29 is 9.90 Å². The normalized spacial score (nSPS) is 12.1. The molecule has 1 aromatic heterocycles. The summed E-state index contributed by atoms with van der Waals surface area (Å²) in [4.78, 5) is 16.2. The van der Waals surface area contributed by atoms with Gasteiger partial charge in [-0.3, -0.25) is 4.79 Å². The van der Waals surface area contributed by atoms with Gasteiger partial charge in [-0.05, 0) is 31.0 Å². The molecular formula is C14H17N3O2S. The molecule has 0 unspecified atom stereocenters. The molecule has 2 rings (SSSR count). The van der Waals surface area contributed by atoms with Gasteiger partial charge in [0.05, 0.1) is 23.3 Å². The Morgan fingerprint density at radius 1 is 1.45 bits per heavy atom. The summed E-state index contributed by atoms with van der Waals surface area (Å²) in [6.45, 7) is 2.32. The van der Waals surface area contributed by atoms with E-state index in [0.29, 0.717) is 13.0 Å². The van der Waals surface area contributed by atoms with E-state index in [4.69, 9.17) is 5.73 Å². The monoisotopic (exact) mass is 291 g/mol. The van der Waals surface area contributed by atoms with Crippen molar-refractivity contribution in [3.63, 3.8) is 0 Å². The predicted molar refractivity (Wildman–Crippen MR) is 78.5 cm³/mol. The summed E-state index contributed by atoms with van der Waals surface area (Å²) >= 11 is 1.55. The van der Waals surface area contributed by atoms with E-state index >= 15 is 0 Å². The van der Waals surface area contributed by atoms with Crippen LogP contribution >= 0.6 is 11.3 Å². The number of hydrogen-bond donors (Lipinski definition) is 3. The topological polar surface area (TPSA) is 88.2 Å². The molecule has 4 N–H and O–H groups in total. The maximum absolute atomic E-state index is 11.9. The SMILES string of the molecule is Cc1nc(CNC(=O)[C@H](N)Cc2ccc(O)cc2)cs1. The lowest BCUT2D eigenvalue weighted by atomic mass is 10.1. The first-order valence-electron chi connectivity index (χ1n) is 6.27. The molecule has 1 atom stereocenters. The summed E-state index contributed by atoms with van der Waals surface area (Å²) in [5.74, 6) is -0.00518. The molecule has 0 saturated carbocycles. The maximum atomic E-state index is 11.9. The number of aryl methyl sites for hydroxylation is 1. The Morgan fingerprint density at radius 2 is 2.15 bits per heavy atom. The number of benzene rings is 1. The highest BCUT2D eigenvalue weighted by Crippen LogP contribution is 2.11. The van der Waals surface area contributed by atoms with Gasteiger partial charge in [0, 0.05) is 5.38 Å². The first-order chi connectivity index (χ1) is 9.54. The highest BCUT2D eigenvalue weighted by molar-refractivity contribution is 7.09. The number of hydrogen-bond acceptors (Lipinski definition) is 5. The van der Waals surface area contributed by atoms with Crippen LogP contribution in [0.1, 0.15) is 16.3 Å². The van der Waals surface area contributed by atoms with Gasteiger partial charge in [-0.2, -0.15) is 0 Å². The third-order valence-electron chi connectivity index (χ3n) is 2.84. The fourth-order valence-corrected chi connectivity index (χ4v) is 2.39. The quantitative estimate of drug-likeness (QED) is 0.775. The van der Waals surface area contributed by atoms with Gasteiger partial charge in [0.25, 0.3) is 0 Å². The minimum atomic E-state index is -0.612. The highest BCUT2D eigenvalue weighted by Gasteiger charge is 2.14. The van der Waals surface area contributed by atoms with Crippen LogP contribution in [0.2, 0.25) is 0 Å². The summed E-state index contributed by atoms with van der Waals surface area (Å²) in [6, 6.07) is 6.06. The van der Waals surface area contributed by atoms with Gasteiger partial charge in [0.2, 0.25) is 5.91 Å². The average Bonchev–Trinajstić information content (AvgIpc) is 2.84. The molecule has 1 aromatic carbocycles. The van der Waals surface area contributed by atoms with E-state index < -0.39 is 6.04 Å². The summed E-state index contributed by atoms with van der Waals surface area (Å²) < 4.78 is 0. The molecule has 0 aliphatic heterocycles. The van der Waals surface area contributed by atoms with E-state index in [0.717, 1.165) is 16.3 Å². The zero-order valence-corrected chi connectivity index (χ0v) is 12.0. The van der Waals surface area contributed by atoms with E-state index in [1.54, 1.807) is 35.6 Å². The van der Waals surface area contributed by atoms with Gasteiger partial charge in [-0.25, -0.2) is 4.98 Å². The van der Waals surface area contributed by atoms with Gasteiger partial charge in [0.1, 0.15) is 5.75 Å². The van der Waals surface area contributed by atoms with Crippen molar-refractivity contribution >= 4 is 17.2 Å². The van der Waals surface area contributed by atoms with Crippen molar-refractivity contribution in [3.8, 4) is 5.75 Å². The van der Waals surface area contributed by atoms with Crippen LogP contribution in [0.4, 0.5) is 0 Å². The van der Waals surface area contributed by atoms with Crippen LogP contribution in [0.25, 0.3) is 0 Å². The van der Waals surface area contributed by atoms with Crippen LogP contribution in [0.15, 0.2) is 29.6 Å². The summed E-state index contributed by atoms with van der Waals surface area (Å²) in [5, 5.41) is 14.9. The fraction of sp³-hybridized carbons (Fsp3) is 0.286. The zero-order chi connectivity index (χ0) is 14.5. The lowest BCUT2D eigenvalue weighted by Gasteiger charge is -2.11. The predicted octanol–water partition coefficient (Wildman–Crippen LogP) is 1.34. The van der Waals surface area contributed by atoms with E-state index in [1.165, 1.54) is 0 Å². The first-order valence-corrected chi connectivity index (χ1v) is 7.15. The summed E-state index contributed by atoms with van der Waals surface area (Å²) in [7, 11) is 0. The molecule has 1 amide bonds. The van der Waals surface area contributed by atoms with Crippen LogP contribution in [0.5, 0.6) is 5.75 Å². The number of aromatic hydroxyl groups is 1. The lowest BCUT2D eigenvalue weighted by molar-refractivity contribution is -0.122. The Bertz CT molecular complexity index is 580. The first kappa shape index (κ1) is 14.5. The lowest BCUT2D eigenvalue weighted by Crippen LogP contribution is -2.41. The van der Waals surface area contributed by atoms with Crippen LogP contribution in [0.3, 0.4) is 0 Å². The van der Waals surface area contributed by atoms with Gasteiger partial charge in [0.15, 0.2) is 0 Å². The third-order valence-corrected chi connectivity index (χ3v) is 3.66. The molecule has 20 heavy (non-hydrogen) atoms. The van der Waals surface area contributed by atoms with Gasteiger partial charge in [-0.1, -0.05) is 12.1 Å². The van der Waals surface area contributed by atoms with Crippen molar-refractivity contribution in [1.82, 2.24) is 10.3 Å². The Balaban J connectivity index is 1.84. The molecule has 0 fully saturated rings. The van der Waals surface area contributed by atoms with E-state index in [1.807, 2.05) is 12.3 Å². The second-order valence-corrected chi connectivity index (χ2v) is 5.61. The van der Waals surface area contributed by atoms with Crippen molar-refractivity contribution in [2.45, 2.75) is 25.9 Å². The van der Waals surface area contributed by atoms with E-state index in [-0.39, 0.29) is 11.7 Å². The van der Waals surface area contributed by atoms with Crippen molar-refractivity contribution in [2.75, 3.05) is 0 Å². The number of phenolic OH excluding ortho intramolecular Hbond substituents is 1. The van der Waals surface area contributed by atoms with Crippen LogP contribution in [0, 0.1) is 6.92 Å². The maximum Gasteiger partial charge on any atom is 0.237 e. The smallest absolute Gasteiger partial charge is 0.237 e. The minimum absolute atomic E-state index is 0.200. The number of amides is 1. The molecule has 0 spiro atoms. The number of nitrogens with two attached hydrogens (primary N) is 1. The van der Waals surface area contributed by atoms with Crippen LogP contribution in [-0.2, 0) is 17.8 Å². The van der Waals surface area contributed by atoms with Gasteiger partial charge < -0.3 is 16.2 Å². The highest BCUT2D eigenvalue weighted by atomic mass is 32.1. The summed E-state index contributed by atoms with van der Waals surface area (Å²) in [6.07, 6.45) is 0.433. The molecule has 1 heterocycles. The molecule has 0 radical (unpaired) electrons.